The Bertz CT molecular complexity index is 508. The first-order valence-electron chi connectivity index (χ1n) is 7.72. The van der Waals surface area contributed by atoms with E-state index in [-0.39, 0.29) is 8.41 Å². The van der Waals surface area contributed by atoms with E-state index in [0.717, 1.165) is 25.3 Å². The van der Waals surface area contributed by atoms with Gasteiger partial charge in [0.25, 0.3) is 0 Å². The van der Waals surface area contributed by atoms with Gasteiger partial charge in [-0.15, -0.1) is 0 Å². The minimum Gasteiger partial charge on any atom is -0.500 e. The highest BCUT2D eigenvalue weighted by atomic mass is 31.1. The molecular formula is C18H26BNOP. The van der Waals surface area contributed by atoms with Gasteiger partial charge in [-0.2, -0.15) is 0 Å². The van der Waals surface area contributed by atoms with Crippen molar-refractivity contribution >= 4 is 21.8 Å². The molecule has 2 atom stereocenters. The van der Waals surface area contributed by atoms with Gasteiger partial charge in [-0.3, -0.25) is 4.67 Å². The van der Waals surface area contributed by atoms with Crippen LogP contribution in [0.1, 0.15) is 25.8 Å². The van der Waals surface area contributed by atoms with Gasteiger partial charge in [0.05, 0.1) is 12.8 Å². The third-order valence-electron chi connectivity index (χ3n) is 3.90. The van der Waals surface area contributed by atoms with Gasteiger partial charge in [0, 0.05) is 16.5 Å². The molecule has 117 valence electrons. The van der Waals surface area contributed by atoms with Crippen molar-refractivity contribution in [3.8, 4) is 0 Å². The largest absolute Gasteiger partial charge is 0.500 e. The van der Waals surface area contributed by atoms with Gasteiger partial charge in [0.15, 0.2) is 0 Å². The summed E-state index contributed by atoms with van der Waals surface area (Å²) in [5.41, 5.74) is 1.68. The van der Waals surface area contributed by atoms with Crippen LogP contribution in [0.15, 0.2) is 48.3 Å². The summed E-state index contributed by atoms with van der Waals surface area (Å²) in [6.07, 6.45) is 7.80. The zero-order valence-electron chi connectivity index (χ0n) is 14.1. The number of hydrogen-bond acceptors (Lipinski definition) is 2. The molecule has 1 aromatic rings. The van der Waals surface area contributed by atoms with Gasteiger partial charge in [0.2, 0.25) is 0 Å². The number of methoxy groups -OCH3 is 1. The van der Waals surface area contributed by atoms with Crippen LogP contribution in [0.2, 0.25) is 0 Å². The Kier molecular flexibility index (Phi) is 7.92. The Morgan fingerprint density at radius 3 is 2.36 bits per heavy atom. The first-order valence-corrected chi connectivity index (χ1v) is 9.09. The lowest BCUT2D eigenvalue weighted by Gasteiger charge is -2.36. The molecule has 2 nitrogen and oxygen atoms in total. The zero-order valence-corrected chi connectivity index (χ0v) is 15.0. The molecule has 0 bridgehead atoms. The molecule has 2 rings (SSSR count). The van der Waals surface area contributed by atoms with E-state index >= 15 is 0 Å². The molecule has 1 aliphatic carbocycles. The van der Waals surface area contributed by atoms with Crippen molar-refractivity contribution in [3.63, 3.8) is 0 Å². The highest BCUT2D eigenvalue weighted by molar-refractivity contribution is 7.64. The predicted molar refractivity (Wildman–Crippen MR) is 99.0 cm³/mol. The smallest absolute Gasteiger partial charge is 0.105 e. The van der Waals surface area contributed by atoms with Crippen molar-refractivity contribution in [2.75, 3.05) is 20.2 Å². The molecule has 1 aliphatic rings. The second-order valence-corrected chi connectivity index (χ2v) is 7.57. The lowest BCUT2D eigenvalue weighted by molar-refractivity contribution is 0.282. The van der Waals surface area contributed by atoms with Crippen LogP contribution in [-0.4, -0.2) is 38.9 Å². The molecule has 0 N–H and O–H groups in total. The Morgan fingerprint density at radius 2 is 1.82 bits per heavy atom. The molecular weight excluding hydrogens is 288 g/mol. The summed E-state index contributed by atoms with van der Waals surface area (Å²) in [7, 11) is 1.35. The fourth-order valence-corrected chi connectivity index (χ4v) is 5.54. The molecule has 4 heteroatoms. The van der Waals surface area contributed by atoms with Crippen LogP contribution in [0.25, 0.3) is 0 Å². The van der Waals surface area contributed by atoms with E-state index in [9.17, 15) is 0 Å². The molecule has 0 saturated carbocycles. The molecule has 0 amide bonds. The minimum absolute atomic E-state index is 0. The third-order valence-corrected chi connectivity index (χ3v) is 6.85. The van der Waals surface area contributed by atoms with E-state index < -0.39 is 8.07 Å². The highest BCUT2D eigenvalue weighted by Gasteiger charge is 2.30. The Labute approximate surface area is 138 Å². The van der Waals surface area contributed by atoms with Crippen LogP contribution in [0, 0.1) is 6.92 Å². The SMILES string of the molecule is CCN(CC)P(c1ccc(C)cc1)C1C=CCC=C1OC.[B]. The lowest BCUT2D eigenvalue weighted by Crippen LogP contribution is -2.30. The summed E-state index contributed by atoms with van der Waals surface area (Å²) >= 11 is 0. The maximum absolute atomic E-state index is 5.67. The van der Waals surface area contributed by atoms with Crippen molar-refractivity contribution in [2.24, 2.45) is 0 Å². The second kappa shape index (κ2) is 9.17. The molecule has 1 aromatic carbocycles. The van der Waals surface area contributed by atoms with E-state index in [1.165, 1.54) is 10.9 Å². The molecule has 0 saturated heterocycles. The molecule has 2 unspecified atom stereocenters. The van der Waals surface area contributed by atoms with Crippen LogP contribution < -0.4 is 5.30 Å². The Hall–Kier alpha value is -1.05. The minimum atomic E-state index is -0.442. The average molecular weight is 314 g/mol. The second-order valence-electron chi connectivity index (χ2n) is 5.24. The van der Waals surface area contributed by atoms with Crippen molar-refractivity contribution in [1.82, 2.24) is 4.67 Å². The molecule has 3 radical (unpaired) electrons. The summed E-state index contributed by atoms with van der Waals surface area (Å²) in [6.45, 7) is 8.77. The standard InChI is InChI=1S/C18H26NOP.B/c1-5-19(6-2)21(16-13-11-15(3)12-14-16)18-10-8-7-9-17(18)20-4;/h8-14,18H,5-7H2,1-4H3;. The number of aryl methyl sites for hydroxylation is 1. The average Bonchev–Trinajstić information content (AvgIpc) is 2.53. The summed E-state index contributed by atoms with van der Waals surface area (Å²) in [4.78, 5) is 0. The predicted octanol–water partition coefficient (Wildman–Crippen LogP) is 3.84. The molecule has 0 fully saturated rings. The summed E-state index contributed by atoms with van der Waals surface area (Å²) < 4.78 is 8.25. The topological polar surface area (TPSA) is 12.5 Å². The van der Waals surface area contributed by atoms with E-state index in [2.05, 4.69) is 67.9 Å². The third kappa shape index (κ3) is 4.24. The van der Waals surface area contributed by atoms with Crippen LogP contribution in [-0.2, 0) is 4.74 Å². The Morgan fingerprint density at radius 1 is 1.18 bits per heavy atom. The van der Waals surface area contributed by atoms with Crippen molar-refractivity contribution in [3.05, 3.63) is 53.8 Å². The van der Waals surface area contributed by atoms with E-state index in [4.69, 9.17) is 4.74 Å². The maximum atomic E-state index is 5.67. The highest BCUT2D eigenvalue weighted by Crippen LogP contribution is 2.48. The van der Waals surface area contributed by atoms with Crippen LogP contribution in [0.5, 0.6) is 0 Å². The van der Waals surface area contributed by atoms with Gasteiger partial charge in [-0.25, -0.2) is 0 Å². The summed E-state index contributed by atoms with van der Waals surface area (Å²) in [5.74, 6) is 1.12. The molecule has 0 spiro atoms. The number of nitrogens with zero attached hydrogens (tertiary/aromatic N) is 1. The molecule has 22 heavy (non-hydrogen) atoms. The number of allylic oxidation sites excluding steroid dienone is 3. The quantitative estimate of drug-likeness (QED) is 0.449. The summed E-state index contributed by atoms with van der Waals surface area (Å²) in [6, 6.07) is 9.01. The fourth-order valence-electron chi connectivity index (χ4n) is 2.74. The van der Waals surface area contributed by atoms with E-state index in [1.54, 1.807) is 7.11 Å². The number of rotatable bonds is 6. The van der Waals surface area contributed by atoms with Gasteiger partial charge in [-0.05, 0) is 37.8 Å². The van der Waals surface area contributed by atoms with Gasteiger partial charge in [0.1, 0.15) is 5.76 Å². The van der Waals surface area contributed by atoms with E-state index in [0.29, 0.717) is 5.66 Å². The van der Waals surface area contributed by atoms with Crippen LogP contribution in [0.3, 0.4) is 0 Å². The van der Waals surface area contributed by atoms with Gasteiger partial charge in [-0.1, -0.05) is 55.8 Å². The van der Waals surface area contributed by atoms with Crippen LogP contribution >= 0.6 is 8.07 Å². The fraction of sp³-hybridized carbons (Fsp3) is 0.444. The first kappa shape index (κ1) is 19.0. The number of benzene rings is 1. The van der Waals surface area contributed by atoms with Gasteiger partial charge < -0.3 is 4.74 Å². The van der Waals surface area contributed by atoms with Crippen molar-refractivity contribution in [2.45, 2.75) is 32.9 Å². The normalized spacial score (nSPS) is 18.6. The van der Waals surface area contributed by atoms with Crippen LogP contribution in [0.4, 0.5) is 0 Å². The number of ether oxygens (including phenoxy) is 1. The van der Waals surface area contributed by atoms with Crippen molar-refractivity contribution in [1.29, 1.82) is 0 Å². The van der Waals surface area contributed by atoms with E-state index in [1.807, 2.05) is 0 Å². The maximum Gasteiger partial charge on any atom is 0.105 e. The summed E-state index contributed by atoms with van der Waals surface area (Å²) in [5, 5.41) is 1.43. The van der Waals surface area contributed by atoms with Gasteiger partial charge >= 0.3 is 0 Å². The molecule has 0 aliphatic heterocycles. The molecule has 0 aromatic heterocycles. The Balaban J connectivity index is 0.00000242. The van der Waals surface area contributed by atoms with Crippen molar-refractivity contribution < 1.29 is 4.74 Å². The molecule has 0 heterocycles. The monoisotopic (exact) mass is 314 g/mol. The lowest BCUT2D eigenvalue weighted by atomic mass is 10.2. The zero-order chi connectivity index (χ0) is 15.2. The number of hydrogen-bond donors (Lipinski definition) is 0. The first-order chi connectivity index (χ1) is 10.2.